The fourth-order valence-corrected chi connectivity index (χ4v) is 4.71. The summed E-state index contributed by atoms with van der Waals surface area (Å²) in [6.07, 6.45) is 8.37. The second-order valence-electron chi connectivity index (χ2n) is 5.49. The monoisotopic (exact) mass is 235 g/mol. The molecule has 1 aromatic heterocycles. The molecule has 2 heteroatoms. The van der Waals surface area contributed by atoms with Crippen LogP contribution in [0.4, 0.5) is 0 Å². The van der Waals surface area contributed by atoms with Gasteiger partial charge in [-0.15, -0.1) is 11.3 Å². The summed E-state index contributed by atoms with van der Waals surface area (Å²) >= 11 is 1.96. The van der Waals surface area contributed by atoms with Gasteiger partial charge in [0.1, 0.15) is 0 Å². The molecule has 0 radical (unpaired) electrons. The van der Waals surface area contributed by atoms with Gasteiger partial charge in [0, 0.05) is 11.4 Å². The van der Waals surface area contributed by atoms with Crippen LogP contribution in [0.3, 0.4) is 0 Å². The summed E-state index contributed by atoms with van der Waals surface area (Å²) in [7, 11) is 0. The van der Waals surface area contributed by atoms with E-state index in [4.69, 9.17) is 0 Å². The zero-order valence-electron chi connectivity index (χ0n) is 10.1. The fourth-order valence-electron chi connectivity index (χ4n) is 3.54. The van der Waals surface area contributed by atoms with E-state index in [9.17, 15) is 0 Å². The molecule has 1 N–H and O–H groups in total. The van der Waals surface area contributed by atoms with Crippen LogP contribution in [0.15, 0.2) is 11.4 Å². The molecular formula is C14H21NS. The van der Waals surface area contributed by atoms with Crippen molar-refractivity contribution in [3.63, 3.8) is 0 Å². The van der Waals surface area contributed by atoms with Crippen LogP contribution in [0.2, 0.25) is 0 Å². The molecule has 2 heterocycles. The Kier molecular flexibility index (Phi) is 2.80. The average molecular weight is 235 g/mol. The maximum Gasteiger partial charge on any atom is 0.0531 e. The molecule has 1 saturated carbocycles. The highest BCUT2D eigenvalue weighted by atomic mass is 32.1. The Morgan fingerprint density at radius 3 is 2.94 bits per heavy atom. The molecule has 16 heavy (non-hydrogen) atoms. The summed E-state index contributed by atoms with van der Waals surface area (Å²) in [4.78, 5) is 1.63. The Balaban J connectivity index is 1.93. The second kappa shape index (κ2) is 4.15. The van der Waals surface area contributed by atoms with Crippen molar-refractivity contribution in [3.05, 3.63) is 21.9 Å². The van der Waals surface area contributed by atoms with E-state index in [0.29, 0.717) is 0 Å². The molecular weight excluding hydrogens is 214 g/mol. The SMILES string of the molecule is CC1(C2CCCCC2)NCCc2ccsc21. The molecule has 0 saturated heterocycles. The largest absolute Gasteiger partial charge is 0.306 e. The Hall–Kier alpha value is -0.340. The van der Waals surface area contributed by atoms with Crippen molar-refractivity contribution in [3.8, 4) is 0 Å². The zero-order chi connectivity index (χ0) is 11.0. The van der Waals surface area contributed by atoms with Gasteiger partial charge in [-0.2, -0.15) is 0 Å². The van der Waals surface area contributed by atoms with Gasteiger partial charge in [-0.1, -0.05) is 19.3 Å². The quantitative estimate of drug-likeness (QED) is 0.783. The maximum absolute atomic E-state index is 3.82. The maximum atomic E-state index is 3.82. The van der Waals surface area contributed by atoms with Crippen LogP contribution in [0.5, 0.6) is 0 Å². The van der Waals surface area contributed by atoms with Crippen molar-refractivity contribution in [2.45, 2.75) is 51.0 Å². The topological polar surface area (TPSA) is 12.0 Å². The summed E-state index contributed by atoms with van der Waals surface area (Å²) in [6.45, 7) is 3.61. The lowest BCUT2D eigenvalue weighted by Gasteiger charge is -2.43. The number of fused-ring (bicyclic) bond motifs is 1. The average Bonchev–Trinajstić information content (AvgIpc) is 2.80. The molecule has 0 aromatic carbocycles. The lowest BCUT2D eigenvalue weighted by Crippen LogP contribution is -2.50. The molecule has 1 nitrogen and oxygen atoms in total. The standard InChI is InChI=1S/C14H21NS/c1-14(12-5-3-2-4-6-12)13-11(7-9-15-14)8-10-16-13/h8,10,12,15H,2-7,9H2,1H3. The summed E-state index contributed by atoms with van der Waals surface area (Å²) in [5.41, 5.74) is 1.89. The molecule has 0 spiro atoms. The van der Waals surface area contributed by atoms with Crippen LogP contribution in [-0.2, 0) is 12.0 Å². The third kappa shape index (κ3) is 1.63. The smallest absolute Gasteiger partial charge is 0.0531 e. The van der Waals surface area contributed by atoms with Crippen molar-refractivity contribution in [1.82, 2.24) is 5.32 Å². The Morgan fingerprint density at radius 1 is 1.31 bits per heavy atom. The van der Waals surface area contributed by atoms with E-state index in [1.165, 1.54) is 38.5 Å². The van der Waals surface area contributed by atoms with Crippen LogP contribution in [-0.4, -0.2) is 6.54 Å². The number of rotatable bonds is 1. The first-order valence-electron chi connectivity index (χ1n) is 6.62. The van der Waals surface area contributed by atoms with Crippen LogP contribution < -0.4 is 5.32 Å². The van der Waals surface area contributed by atoms with E-state index < -0.39 is 0 Å². The van der Waals surface area contributed by atoms with E-state index in [1.54, 1.807) is 10.4 Å². The molecule has 1 aromatic rings. The van der Waals surface area contributed by atoms with Gasteiger partial charge in [-0.05, 0) is 49.1 Å². The van der Waals surface area contributed by atoms with Crippen molar-refractivity contribution >= 4 is 11.3 Å². The normalized spacial score (nSPS) is 31.3. The third-order valence-corrected chi connectivity index (χ3v) is 5.72. The lowest BCUT2D eigenvalue weighted by atomic mass is 9.72. The Bertz CT molecular complexity index is 365. The van der Waals surface area contributed by atoms with Crippen LogP contribution in [0.25, 0.3) is 0 Å². The van der Waals surface area contributed by atoms with Gasteiger partial charge in [0.15, 0.2) is 0 Å². The first kappa shape index (κ1) is 10.8. The molecule has 0 bridgehead atoms. The van der Waals surface area contributed by atoms with Crippen LogP contribution in [0.1, 0.15) is 49.5 Å². The zero-order valence-corrected chi connectivity index (χ0v) is 10.9. The lowest BCUT2D eigenvalue weighted by molar-refractivity contribution is 0.174. The van der Waals surface area contributed by atoms with E-state index in [0.717, 1.165) is 12.5 Å². The molecule has 3 rings (SSSR count). The summed E-state index contributed by atoms with van der Waals surface area (Å²) in [5.74, 6) is 0.860. The minimum Gasteiger partial charge on any atom is -0.306 e. The first-order valence-corrected chi connectivity index (χ1v) is 7.50. The highest BCUT2D eigenvalue weighted by molar-refractivity contribution is 7.10. The summed E-state index contributed by atoms with van der Waals surface area (Å²) < 4.78 is 0. The molecule has 1 atom stereocenters. The van der Waals surface area contributed by atoms with E-state index >= 15 is 0 Å². The molecule has 2 aliphatic rings. The molecule has 1 unspecified atom stereocenters. The minimum absolute atomic E-state index is 0.280. The predicted octanol–water partition coefficient (Wildman–Crippen LogP) is 3.69. The van der Waals surface area contributed by atoms with Crippen molar-refractivity contribution in [1.29, 1.82) is 0 Å². The molecule has 1 fully saturated rings. The van der Waals surface area contributed by atoms with Gasteiger partial charge in [0.25, 0.3) is 0 Å². The Labute approximate surface area is 102 Å². The second-order valence-corrected chi connectivity index (χ2v) is 6.41. The summed E-state index contributed by atoms with van der Waals surface area (Å²) in [5, 5.41) is 6.09. The van der Waals surface area contributed by atoms with Gasteiger partial charge in [-0.25, -0.2) is 0 Å². The summed E-state index contributed by atoms with van der Waals surface area (Å²) in [6, 6.07) is 2.34. The van der Waals surface area contributed by atoms with Crippen molar-refractivity contribution in [2.24, 2.45) is 5.92 Å². The predicted molar refractivity (Wildman–Crippen MR) is 70.0 cm³/mol. The van der Waals surface area contributed by atoms with E-state index in [-0.39, 0.29) is 5.54 Å². The highest BCUT2D eigenvalue weighted by Gasteiger charge is 2.40. The van der Waals surface area contributed by atoms with Crippen molar-refractivity contribution < 1.29 is 0 Å². The highest BCUT2D eigenvalue weighted by Crippen LogP contribution is 2.43. The molecule has 1 aliphatic carbocycles. The van der Waals surface area contributed by atoms with Gasteiger partial charge in [0.2, 0.25) is 0 Å². The number of hydrogen-bond donors (Lipinski definition) is 1. The molecule has 1 aliphatic heterocycles. The molecule has 0 amide bonds. The van der Waals surface area contributed by atoms with Crippen LogP contribution >= 0.6 is 11.3 Å². The van der Waals surface area contributed by atoms with Gasteiger partial charge >= 0.3 is 0 Å². The number of thiophene rings is 1. The minimum atomic E-state index is 0.280. The fraction of sp³-hybridized carbons (Fsp3) is 0.714. The van der Waals surface area contributed by atoms with Gasteiger partial charge < -0.3 is 5.32 Å². The number of nitrogens with one attached hydrogen (secondary N) is 1. The number of hydrogen-bond acceptors (Lipinski definition) is 2. The Morgan fingerprint density at radius 2 is 2.12 bits per heavy atom. The van der Waals surface area contributed by atoms with Gasteiger partial charge in [-0.3, -0.25) is 0 Å². The van der Waals surface area contributed by atoms with Crippen molar-refractivity contribution in [2.75, 3.05) is 6.54 Å². The first-order chi connectivity index (χ1) is 7.81. The molecule has 88 valence electrons. The van der Waals surface area contributed by atoms with Crippen LogP contribution in [0, 0.1) is 5.92 Å². The third-order valence-electron chi connectivity index (χ3n) is 4.53. The van der Waals surface area contributed by atoms with E-state index in [2.05, 4.69) is 23.7 Å². The van der Waals surface area contributed by atoms with E-state index in [1.807, 2.05) is 11.3 Å². The van der Waals surface area contributed by atoms with Gasteiger partial charge in [0.05, 0.1) is 5.54 Å².